The fourth-order valence-corrected chi connectivity index (χ4v) is 5.14. The van der Waals surface area contributed by atoms with Crippen LogP contribution in [-0.4, -0.2) is 74.7 Å². The number of rotatable bonds is 5. The van der Waals surface area contributed by atoms with Crippen LogP contribution >= 0.6 is 0 Å². The Morgan fingerprint density at radius 3 is 2.66 bits per heavy atom. The van der Waals surface area contributed by atoms with E-state index in [1.54, 1.807) is 4.90 Å². The zero-order valence-electron chi connectivity index (χ0n) is 18.4. The van der Waals surface area contributed by atoms with Crippen molar-refractivity contribution in [2.24, 2.45) is 0 Å². The van der Waals surface area contributed by atoms with Crippen LogP contribution in [-0.2, 0) is 4.74 Å². The Morgan fingerprint density at radius 1 is 1.25 bits per heavy atom. The number of ether oxygens (including phenoxy) is 1. The van der Waals surface area contributed by atoms with E-state index in [1.165, 1.54) is 0 Å². The number of nitrogens with one attached hydrogen (secondary N) is 2. The molecule has 10 heteroatoms. The SMILES string of the molecule is Cc1cc(Nc2cc(C3=CCOC3)nc(N(C)[C@@H]3C[C@H]4CCC[C@@H](C3)N4C(=O)O)n2)n[nH]1. The first-order valence-electron chi connectivity index (χ1n) is 11.2. The van der Waals surface area contributed by atoms with Crippen LogP contribution in [0.4, 0.5) is 22.4 Å². The van der Waals surface area contributed by atoms with Gasteiger partial charge in [-0.3, -0.25) is 5.10 Å². The van der Waals surface area contributed by atoms with E-state index in [2.05, 4.69) is 20.4 Å². The van der Waals surface area contributed by atoms with Crippen LogP contribution in [0.2, 0.25) is 0 Å². The fourth-order valence-electron chi connectivity index (χ4n) is 5.14. The van der Waals surface area contributed by atoms with Crippen molar-refractivity contribution < 1.29 is 14.6 Å². The maximum absolute atomic E-state index is 11.8. The van der Waals surface area contributed by atoms with Gasteiger partial charge in [-0.2, -0.15) is 10.1 Å². The molecule has 10 nitrogen and oxygen atoms in total. The number of anilines is 3. The third kappa shape index (κ3) is 4.02. The Bertz CT molecular complexity index is 1020. The van der Waals surface area contributed by atoms with Gasteiger partial charge in [0.05, 0.1) is 18.9 Å². The predicted molar refractivity (Wildman–Crippen MR) is 120 cm³/mol. The van der Waals surface area contributed by atoms with E-state index < -0.39 is 6.09 Å². The topological polar surface area (TPSA) is 120 Å². The first-order valence-corrected chi connectivity index (χ1v) is 11.2. The maximum Gasteiger partial charge on any atom is 0.407 e. The molecule has 0 unspecified atom stereocenters. The standard InChI is InChI=1S/C22H29N7O3/c1-13-8-20(27-26-13)24-19-11-18(14-6-7-32-12-14)23-21(25-19)28(2)17-9-15-4-3-5-16(10-17)29(15)22(30)31/h6,8,11,15-17H,3-5,7,9-10,12H2,1-2H3,(H,30,31)(H2,23,24,25,26,27)/t15-,16+,17-. The van der Waals surface area contributed by atoms with Gasteiger partial charge in [0, 0.05) is 48.6 Å². The molecule has 5 rings (SSSR count). The summed E-state index contributed by atoms with van der Waals surface area (Å²) in [6.07, 6.45) is 5.76. The predicted octanol–water partition coefficient (Wildman–Crippen LogP) is 3.17. The Balaban J connectivity index is 1.43. The van der Waals surface area contributed by atoms with Crippen molar-refractivity contribution in [1.29, 1.82) is 0 Å². The molecule has 0 aliphatic carbocycles. The number of fused-ring (bicyclic) bond motifs is 2. The van der Waals surface area contributed by atoms with Crippen molar-refractivity contribution in [3.8, 4) is 0 Å². The highest BCUT2D eigenvalue weighted by atomic mass is 16.5. The average molecular weight is 440 g/mol. The molecule has 2 bridgehead atoms. The summed E-state index contributed by atoms with van der Waals surface area (Å²) in [6, 6.07) is 4.15. The van der Waals surface area contributed by atoms with Crippen molar-refractivity contribution >= 4 is 29.3 Å². The van der Waals surface area contributed by atoms with Gasteiger partial charge in [0.25, 0.3) is 0 Å². The number of carbonyl (C=O) groups is 1. The number of H-pyrrole nitrogens is 1. The summed E-state index contributed by atoms with van der Waals surface area (Å²) < 4.78 is 5.51. The summed E-state index contributed by atoms with van der Waals surface area (Å²) in [4.78, 5) is 25.2. The van der Waals surface area contributed by atoms with Gasteiger partial charge in [-0.15, -0.1) is 0 Å². The van der Waals surface area contributed by atoms with Crippen molar-refractivity contribution in [1.82, 2.24) is 25.1 Å². The molecule has 0 saturated carbocycles. The molecule has 32 heavy (non-hydrogen) atoms. The number of hydrogen-bond donors (Lipinski definition) is 3. The number of amides is 1. The molecule has 3 aliphatic heterocycles. The second-order valence-electron chi connectivity index (χ2n) is 8.91. The minimum absolute atomic E-state index is 0.0613. The molecule has 2 saturated heterocycles. The number of aryl methyl sites for hydroxylation is 1. The second-order valence-corrected chi connectivity index (χ2v) is 8.91. The van der Waals surface area contributed by atoms with E-state index in [9.17, 15) is 9.90 Å². The number of aromatic amines is 1. The van der Waals surface area contributed by atoms with Crippen LogP contribution in [0.15, 0.2) is 18.2 Å². The van der Waals surface area contributed by atoms with Crippen LogP contribution in [0, 0.1) is 6.92 Å². The van der Waals surface area contributed by atoms with Crippen LogP contribution < -0.4 is 10.2 Å². The monoisotopic (exact) mass is 439 g/mol. The lowest BCUT2D eigenvalue weighted by Crippen LogP contribution is -2.58. The Kier molecular flexibility index (Phi) is 5.46. The molecule has 3 aliphatic rings. The second kappa shape index (κ2) is 8.42. The summed E-state index contributed by atoms with van der Waals surface area (Å²) in [5.41, 5.74) is 2.83. The van der Waals surface area contributed by atoms with Crippen LogP contribution in [0.5, 0.6) is 0 Å². The molecule has 170 valence electrons. The first-order chi connectivity index (χ1) is 15.5. The highest BCUT2D eigenvalue weighted by Crippen LogP contribution is 2.37. The lowest BCUT2D eigenvalue weighted by molar-refractivity contribution is 0.0351. The van der Waals surface area contributed by atoms with Crippen LogP contribution in [0.1, 0.15) is 43.5 Å². The van der Waals surface area contributed by atoms with Crippen molar-refractivity contribution in [3.63, 3.8) is 0 Å². The minimum atomic E-state index is -0.798. The highest BCUT2D eigenvalue weighted by Gasteiger charge is 2.42. The third-order valence-electron chi connectivity index (χ3n) is 6.74. The molecular weight excluding hydrogens is 410 g/mol. The van der Waals surface area contributed by atoms with Crippen molar-refractivity contribution in [3.05, 3.63) is 29.6 Å². The molecule has 0 spiro atoms. The molecule has 0 aromatic carbocycles. The highest BCUT2D eigenvalue weighted by molar-refractivity contribution is 5.69. The number of carboxylic acid groups (broad SMARTS) is 1. The molecule has 5 heterocycles. The molecule has 2 fully saturated rings. The van der Waals surface area contributed by atoms with Gasteiger partial charge in [0.1, 0.15) is 5.82 Å². The van der Waals surface area contributed by atoms with Gasteiger partial charge >= 0.3 is 6.09 Å². The molecular formula is C22H29N7O3. The Morgan fingerprint density at radius 2 is 2.03 bits per heavy atom. The number of hydrogen-bond acceptors (Lipinski definition) is 7. The smallest absolute Gasteiger partial charge is 0.407 e. The van der Waals surface area contributed by atoms with Crippen molar-refractivity contribution in [2.45, 2.75) is 57.2 Å². The number of aromatic nitrogens is 4. The average Bonchev–Trinajstić information content (AvgIpc) is 3.44. The van der Waals surface area contributed by atoms with Gasteiger partial charge in [0.15, 0.2) is 5.82 Å². The molecule has 1 amide bonds. The van der Waals surface area contributed by atoms with Gasteiger partial charge in [-0.1, -0.05) is 6.08 Å². The molecule has 3 N–H and O–H groups in total. The summed E-state index contributed by atoms with van der Waals surface area (Å²) >= 11 is 0. The van der Waals surface area contributed by atoms with E-state index in [4.69, 9.17) is 14.7 Å². The third-order valence-corrected chi connectivity index (χ3v) is 6.74. The largest absolute Gasteiger partial charge is 0.465 e. The van der Waals surface area contributed by atoms with E-state index in [0.717, 1.165) is 49.1 Å². The number of nitrogens with zero attached hydrogens (tertiary/aromatic N) is 5. The normalized spacial score (nSPS) is 24.9. The van der Waals surface area contributed by atoms with E-state index >= 15 is 0 Å². The molecule has 3 atom stereocenters. The van der Waals surface area contributed by atoms with Gasteiger partial charge in [0.2, 0.25) is 5.95 Å². The van der Waals surface area contributed by atoms with E-state index in [0.29, 0.717) is 30.8 Å². The Labute approximate surface area is 186 Å². The van der Waals surface area contributed by atoms with Gasteiger partial charge < -0.3 is 25.0 Å². The zero-order valence-corrected chi connectivity index (χ0v) is 18.4. The fraction of sp³-hybridized carbons (Fsp3) is 0.545. The molecule has 0 radical (unpaired) electrons. The number of piperidine rings is 2. The summed E-state index contributed by atoms with van der Waals surface area (Å²) in [5, 5.41) is 20.1. The lowest BCUT2D eigenvalue weighted by atomic mass is 9.81. The van der Waals surface area contributed by atoms with Gasteiger partial charge in [-0.05, 0) is 39.0 Å². The van der Waals surface area contributed by atoms with Crippen LogP contribution in [0.3, 0.4) is 0 Å². The molecule has 2 aromatic rings. The lowest BCUT2D eigenvalue weighted by Gasteiger charge is -2.49. The zero-order chi connectivity index (χ0) is 22.2. The van der Waals surface area contributed by atoms with Crippen molar-refractivity contribution in [2.75, 3.05) is 30.5 Å². The minimum Gasteiger partial charge on any atom is -0.465 e. The molecule has 2 aromatic heterocycles. The summed E-state index contributed by atoms with van der Waals surface area (Å²) in [5.74, 6) is 1.98. The summed E-state index contributed by atoms with van der Waals surface area (Å²) in [7, 11) is 2.01. The summed E-state index contributed by atoms with van der Waals surface area (Å²) in [6.45, 7) is 3.06. The first kappa shape index (κ1) is 20.7. The maximum atomic E-state index is 11.8. The Hall–Kier alpha value is -3.14. The van der Waals surface area contributed by atoms with E-state index in [-0.39, 0.29) is 18.1 Å². The van der Waals surface area contributed by atoms with E-state index in [1.807, 2.05) is 32.2 Å². The van der Waals surface area contributed by atoms with Gasteiger partial charge in [-0.25, -0.2) is 9.78 Å². The van der Waals surface area contributed by atoms with Crippen LogP contribution in [0.25, 0.3) is 5.57 Å². The quantitative estimate of drug-likeness (QED) is 0.650.